The van der Waals surface area contributed by atoms with Crippen LogP contribution >= 0.6 is 11.3 Å². The minimum atomic E-state index is -0.967. The number of hydrogen-bond donors (Lipinski definition) is 1. The summed E-state index contributed by atoms with van der Waals surface area (Å²) >= 11 is 1.30. The molecule has 1 aliphatic rings. The molecule has 0 unspecified atom stereocenters. The van der Waals surface area contributed by atoms with Crippen LogP contribution in [0.25, 0.3) is 16.0 Å². The first-order chi connectivity index (χ1) is 18.7. The Balaban J connectivity index is 1.69. The Labute approximate surface area is 229 Å². The van der Waals surface area contributed by atoms with Gasteiger partial charge < -0.3 is 14.6 Å². The SMILES string of the molecule is CCOc1ccc(C(O)=C2C(=O)C(=O)N(c3nc4c(C)cc(C)cc4s3)[C@H]2c2ccc(C(=O)OC)cc2)cc1. The second-order valence-corrected chi connectivity index (χ2v) is 10.2. The molecule has 2 heterocycles. The lowest BCUT2D eigenvalue weighted by Gasteiger charge is -2.23. The summed E-state index contributed by atoms with van der Waals surface area (Å²) in [5.74, 6) is -1.82. The third kappa shape index (κ3) is 4.66. The molecule has 39 heavy (non-hydrogen) atoms. The first-order valence-electron chi connectivity index (χ1n) is 12.3. The van der Waals surface area contributed by atoms with Crippen LogP contribution in [0.1, 0.15) is 45.6 Å². The molecule has 1 amide bonds. The van der Waals surface area contributed by atoms with Gasteiger partial charge in [-0.3, -0.25) is 14.5 Å². The van der Waals surface area contributed by atoms with Crippen molar-refractivity contribution in [2.45, 2.75) is 26.8 Å². The van der Waals surface area contributed by atoms with Crippen molar-refractivity contribution >= 4 is 50.1 Å². The number of anilines is 1. The third-order valence-electron chi connectivity index (χ3n) is 6.56. The Morgan fingerprint density at radius 1 is 1.03 bits per heavy atom. The topological polar surface area (TPSA) is 106 Å². The lowest BCUT2D eigenvalue weighted by Crippen LogP contribution is -2.29. The van der Waals surface area contributed by atoms with Crippen LogP contribution in [-0.4, -0.2) is 41.5 Å². The second-order valence-electron chi connectivity index (χ2n) is 9.17. The summed E-state index contributed by atoms with van der Waals surface area (Å²) in [5, 5.41) is 11.7. The molecule has 0 radical (unpaired) electrons. The summed E-state index contributed by atoms with van der Waals surface area (Å²) in [6.45, 7) is 6.28. The highest BCUT2D eigenvalue weighted by Gasteiger charge is 2.48. The lowest BCUT2D eigenvalue weighted by atomic mass is 9.94. The van der Waals surface area contributed by atoms with Gasteiger partial charge in [-0.2, -0.15) is 0 Å². The number of esters is 1. The molecule has 0 bridgehead atoms. The predicted molar refractivity (Wildman–Crippen MR) is 149 cm³/mol. The molecular weight excluding hydrogens is 516 g/mol. The van der Waals surface area contributed by atoms with E-state index in [2.05, 4.69) is 0 Å². The number of nitrogens with zero attached hydrogens (tertiary/aromatic N) is 2. The van der Waals surface area contributed by atoms with Gasteiger partial charge >= 0.3 is 11.9 Å². The summed E-state index contributed by atoms with van der Waals surface area (Å²) in [6.07, 6.45) is 0. The predicted octanol–water partition coefficient (Wildman–Crippen LogP) is 5.72. The van der Waals surface area contributed by atoms with Crippen LogP contribution in [-0.2, 0) is 14.3 Å². The number of carbonyl (C=O) groups is 3. The number of aromatic nitrogens is 1. The standard InChI is InChI=1S/C30H26N2O6S/c1-5-38-21-12-10-19(11-13-21)26(33)23-25(18-6-8-20(9-7-18)29(36)37-4)32(28(35)27(23)34)30-31-24-17(3)14-16(2)15-22(24)39-30/h6-15,25,33H,5H2,1-4H3/t25-/m0/s1. The highest BCUT2D eigenvalue weighted by molar-refractivity contribution is 7.22. The molecule has 1 atom stereocenters. The Morgan fingerprint density at radius 2 is 1.69 bits per heavy atom. The molecule has 0 aliphatic carbocycles. The monoisotopic (exact) mass is 542 g/mol. The average molecular weight is 543 g/mol. The van der Waals surface area contributed by atoms with Gasteiger partial charge in [0.05, 0.1) is 41.1 Å². The van der Waals surface area contributed by atoms with E-state index in [-0.39, 0.29) is 11.3 Å². The number of fused-ring (bicyclic) bond motifs is 1. The van der Waals surface area contributed by atoms with E-state index in [9.17, 15) is 19.5 Å². The van der Waals surface area contributed by atoms with Crippen LogP contribution < -0.4 is 9.64 Å². The molecule has 9 heteroatoms. The Kier molecular flexibility index (Phi) is 6.93. The number of ketones is 1. The first kappa shape index (κ1) is 26.1. The van der Waals surface area contributed by atoms with Gasteiger partial charge in [0.15, 0.2) is 5.13 Å². The normalized spacial score (nSPS) is 16.6. The van der Waals surface area contributed by atoms with Gasteiger partial charge in [0.1, 0.15) is 11.5 Å². The van der Waals surface area contributed by atoms with Crippen molar-refractivity contribution in [1.29, 1.82) is 0 Å². The lowest BCUT2D eigenvalue weighted by molar-refractivity contribution is -0.132. The smallest absolute Gasteiger partial charge is 0.337 e. The quantitative estimate of drug-likeness (QED) is 0.144. The summed E-state index contributed by atoms with van der Waals surface area (Å²) < 4.78 is 11.2. The maximum absolute atomic E-state index is 13.5. The highest BCUT2D eigenvalue weighted by atomic mass is 32.1. The second kappa shape index (κ2) is 10.3. The molecule has 1 fully saturated rings. The molecule has 1 aliphatic heterocycles. The van der Waals surface area contributed by atoms with Gasteiger partial charge in [0.25, 0.3) is 5.78 Å². The molecular formula is C30H26N2O6S. The van der Waals surface area contributed by atoms with E-state index < -0.39 is 23.7 Å². The number of methoxy groups -OCH3 is 1. The van der Waals surface area contributed by atoms with E-state index in [0.717, 1.165) is 21.3 Å². The number of Topliss-reactive ketones (excluding diaryl/α,β-unsaturated/α-hetero) is 1. The van der Waals surface area contributed by atoms with Gasteiger partial charge in [-0.1, -0.05) is 29.5 Å². The van der Waals surface area contributed by atoms with Crippen molar-refractivity contribution in [1.82, 2.24) is 4.98 Å². The van der Waals surface area contributed by atoms with Crippen molar-refractivity contribution in [3.8, 4) is 5.75 Å². The number of aryl methyl sites for hydroxylation is 2. The van der Waals surface area contributed by atoms with E-state index in [1.807, 2.05) is 32.9 Å². The number of thiazole rings is 1. The van der Waals surface area contributed by atoms with Crippen LogP contribution in [0.5, 0.6) is 5.75 Å². The summed E-state index contributed by atoms with van der Waals surface area (Å²) in [7, 11) is 1.29. The van der Waals surface area contributed by atoms with Crippen LogP contribution in [0.15, 0.2) is 66.2 Å². The highest BCUT2D eigenvalue weighted by Crippen LogP contribution is 2.44. The number of carbonyl (C=O) groups excluding carboxylic acids is 3. The van der Waals surface area contributed by atoms with E-state index in [4.69, 9.17) is 14.5 Å². The molecule has 1 N–H and O–H groups in total. The Bertz CT molecular complexity index is 1640. The molecule has 8 nitrogen and oxygen atoms in total. The minimum Gasteiger partial charge on any atom is -0.507 e. The van der Waals surface area contributed by atoms with Gasteiger partial charge in [0.2, 0.25) is 0 Å². The van der Waals surface area contributed by atoms with Gasteiger partial charge in [-0.05, 0) is 79.9 Å². The number of benzene rings is 3. The van der Waals surface area contributed by atoms with E-state index >= 15 is 0 Å². The molecule has 0 saturated carbocycles. The number of rotatable bonds is 6. The van der Waals surface area contributed by atoms with E-state index in [1.54, 1.807) is 48.5 Å². The maximum Gasteiger partial charge on any atom is 0.337 e. The molecule has 5 rings (SSSR count). The zero-order valence-electron chi connectivity index (χ0n) is 21.8. The Hall–Kier alpha value is -4.50. The number of aliphatic hydroxyl groups excluding tert-OH is 1. The number of aliphatic hydroxyl groups is 1. The first-order valence-corrected chi connectivity index (χ1v) is 13.2. The largest absolute Gasteiger partial charge is 0.507 e. The number of ether oxygens (including phenoxy) is 2. The van der Waals surface area contributed by atoms with E-state index in [0.29, 0.717) is 34.2 Å². The van der Waals surface area contributed by atoms with Crippen molar-refractivity contribution < 1.29 is 29.0 Å². The third-order valence-corrected chi connectivity index (χ3v) is 7.56. The van der Waals surface area contributed by atoms with Crippen molar-refractivity contribution in [3.63, 3.8) is 0 Å². The van der Waals surface area contributed by atoms with E-state index in [1.165, 1.54) is 23.3 Å². The molecule has 1 aromatic heterocycles. The molecule has 0 spiro atoms. The van der Waals surface area contributed by atoms with Gasteiger partial charge in [-0.15, -0.1) is 0 Å². The fourth-order valence-electron chi connectivity index (χ4n) is 4.76. The zero-order chi connectivity index (χ0) is 27.8. The summed E-state index contributed by atoms with van der Waals surface area (Å²) in [6, 6.07) is 16.1. The molecule has 1 saturated heterocycles. The average Bonchev–Trinajstić information content (AvgIpc) is 3.47. The molecule has 198 valence electrons. The van der Waals surface area contributed by atoms with Crippen LogP contribution in [0.3, 0.4) is 0 Å². The Morgan fingerprint density at radius 3 is 2.33 bits per heavy atom. The summed E-state index contributed by atoms with van der Waals surface area (Å²) in [5.41, 5.74) is 3.90. The molecule has 3 aromatic carbocycles. The van der Waals surface area contributed by atoms with Crippen molar-refractivity contribution in [2.75, 3.05) is 18.6 Å². The number of amides is 1. The van der Waals surface area contributed by atoms with Crippen molar-refractivity contribution in [3.05, 3.63) is 94.1 Å². The maximum atomic E-state index is 13.5. The fraction of sp³-hybridized carbons (Fsp3) is 0.200. The van der Waals surface area contributed by atoms with Crippen LogP contribution in [0.2, 0.25) is 0 Å². The zero-order valence-corrected chi connectivity index (χ0v) is 22.7. The number of hydrogen-bond acceptors (Lipinski definition) is 8. The summed E-state index contributed by atoms with van der Waals surface area (Å²) in [4.78, 5) is 45.1. The van der Waals surface area contributed by atoms with Gasteiger partial charge in [0, 0.05) is 5.56 Å². The fourth-order valence-corrected chi connectivity index (χ4v) is 5.93. The van der Waals surface area contributed by atoms with Crippen molar-refractivity contribution in [2.24, 2.45) is 0 Å². The minimum absolute atomic E-state index is 0.0675. The van der Waals surface area contributed by atoms with Crippen LogP contribution in [0.4, 0.5) is 5.13 Å². The van der Waals surface area contributed by atoms with Gasteiger partial charge in [-0.25, -0.2) is 9.78 Å². The van der Waals surface area contributed by atoms with Crippen LogP contribution in [0, 0.1) is 13.8 Å². The molecule has 4 aromatic rings.